The molecule has 0 fully saturated rings. The Kier molecular flexibility index (Phi) is 4.46. The van der Waals surface area contributed by atoms with Gasteiger partial charge in [0.2, 0.25) is 10.0 Å². The van der Waals surface area contributed by atoms with E-state index in [1.165, 1.54) is 18.2 Å². The molecule has 1 amide bonds. The molecule has 3 N–H and O–H groups in total. The van der Waals surface area contributed by atoms with Crippen molar-refractivity contribution in [2.75, 3.05) is 5.32 Å². The van der Waals surface area contributed by atoms with Gasteiger partial charge in [0.15, 0.2) is 0 Å². The number of amides is 1. The molecule has 21 heavy (non-hydrogen) atoms. The second kappa shape index (κ2) is 5.97. The summed E-state index contributed by atoms with van der Waals surface area (Å²) < 4.78 is 22.9. The van der Waals surface area contributed by atoms with E-state index in [4.69, 9.17) is 5.14 Å². The number of benzene rings is 2. The highest BCUT2D eigenvalue weighted by atomic mass is 79.9. The molecule has 0 atom stereocenters. The van der Waals surface area contributed by atoms with Crippen molar-refractivity contribution >= 4 is 37.5 Å². The number of sulfonamides is 1. The second-order valence-corrected chi connectivity index (χ2v) is 6.93. The van der Waals surface area contributed by atoms with Gasteiger partial charge in [0, 0.05) is 10.0 Å². The molecule has 7 heteroatoms. The predicted molar refractivity (Wildman–Crippen MR) is 84.6 cm³/mol. The van der Waals surface area contributed by atoms with Crippen LogP contribution in [0, 0.1) is 6.92 Å². The zero-order valence-corrected chi connectivity index (χ0v) is 13.5. The first-order chi connectivity index (χ1) is 9.77. The van der Waals surface area contributed by atoms with E-state index in [0.717, 1.165) is 5.56 Å². The molecule has 0 aliphatic rings. The van der Waals surface area contributed by atoms with Gasteiger partial charge in [0.1, 0.15) is 0 Å². The second-order valence-electron chi connectivity index (χ2n) is 4.51. The zero-order chi connectivity index (χ0) is 15.6. The monoisotopic (exact) mass is 368 g/mol. The van der Waals surface area contributed by atoms with Crippen molar-refractivity contribution < 1.29 is 13.2 Å². The largest absolute Gasteiger partial charge is 0.321 e. The molecule has 0 aliphatic heterocycles. The molecule has 0 saturated carbocycles. The van der Waals surface area contributed by atoms with Crippen LogP contribution in [0.25, 0.3) is 0 Å². The maximum Gasteiger partial charge on any atom is 0.255 e. The SMILES string of the molecule is Cc1cccc(C(=O)Nc2ccc(S(N)(=O)=O)cc2Br)c1. The molecule has 0 heterocycles. The number of hydrogen-bond donors (Lipinski definition) is 2. The number of anilines is 1. The molecule has 0 spiro atoms. The maximum absolute atomic E-state index is 12.1. The number of halogens is 1. The van der Waals surface area contributed by atoms with Crippen molar-refractivity contribution in [3.63, 3.8) is 0 Å². The molecule has 2 rings (SSSR count). The fraction of sp³-hybridized carbons (Fsp3) is 0.0714. The highest BCUT2D eigenvalue weighted by Gasteiger charge is 2.12. The Morgan fingerprint density at radius 2 is 1.90 bits per heavy atom. The topological polar surface area (TPSA) is 89.3 Å². The van der Waals surface area contributed by atoms with E-state index in [0.29, 0.717) is 15.7 Å². The van der Waals surface area contributed by atoms with E-state index < -0.39 is 10.0 Å². The van der Waals surface area contributed by atoms with Crippen LogP contribution in [0.15, 0.2) is 51.8 Å². The third kappa shape index (κ3) is 3.90. The summed E-state index contributed by atoms with van der Waals surface area (Å²) in [5, 5.41) is 7.76. The highest BCUT2D eigenvalue weighted by molar-refractivity contribution is 9.10. The molecule has 2 aromatic carbocycles. The van der Waals surface area contributed by atoms with Crippen LogP contribution >= 0.6 is 15.9 Å². The quantitative estimate of drug-likeness (QED) is 0.872. The Hall–Kier alpha value is -1.70. The van der Waals surface area contributed by atoms with E-state index in [1.54, 1.807) is 18.2 Å². The van der Waals surface area contributed by atoms with Gasteiger partial charge in [-0.3, -0.25) is 4.79 Å². The van der Waals surface area contributed by atoms with E-state index in [1.807, 2.05) is 13.0 Å². The maximum atomic E-state index is 12.1. The molecule has 0 radical (unpaired) electrons. The fourth-order valence-electron chi connectivity index (χ4n) is 1.75. The van der Waals surface area contributed by atoms with Gasteiger partial charge in [-0.1, -0.05) is 17.7 Å². The molecular formula is C14H13BrN2O3S. The van der Waals surface area contributed by atoms with Crippen LogP contribution in [-0.2, 0) is 10.0 Å². The normalized spacial score (nSPS) is 11.2. The molecule has 2 aromatic rings. The van der Waals surface area contributed by atoms with Crippen LogP contribution in [0.2, 0.25) is 0 Å². The number of nitrogens with one attached hydrogen (secondary N) is 1. The Morgan fingerprint density at radius 3 is 2.48 bits per heavy atom. The summed E-state index contributed by atoms with van der Waals surface area (Å²) in [6.45, 7) is 1.90. The van der Waals surface area contributed by atoms with Crippen molar-refractivity contribution in [1.29, 1.82) is 0 Å². The summed E-state index contributed by atoms with van der Waals surface area (Å²) in [6, 6.07) is 11.3. The highest BCUT2D eigenvalue weighted by Crippen LogP contribution is 2.25. The Balaban J connectivity index is 2.26. The van der Waals surface area contributed by atoms with E-state index >= 15 is 0 Å². The predicted octanol–water partition coefficient (Wildman–Crippen LogP) is 2.66. The smallest absolute Gasteiger partial charge is 0.255 e. The summed E-state index contributed by atoms with van der Waals surface area (Å²) in [5.41, 5.74) is 1.97. The van der Waals surface area contributed by atoms with Crippen molar-refractivity contribution in [2.45, 2.75) is 11.8 Å². The van der Waals surface area contributed by atoms with Gasteiger partial charge in [0.25, 0.3) is 5.91 Å². The summed E-state index contributed by atoms with van der Waals surface area (Å²) >= 11 is 3.22. The van der Waals surface area contributed by atoms with Crippen molar-refractivity contribution in [2.24, 2.45) is 5.14 Å². The molecule has 0 bridgehead atoms. The van der Waals surface area contributed by atoms with Crippen LogP contribution < -0.4 is 10.5 Å². The number of nitrogens with two attached hydrogens (primary N) is 1. The summed E-state index contributed by atoms with van der Waals surface area (Å²) in [5.74, 6) is -0.275. The van der Waals surface area contributed by atoms with Gasteiger partial charge in [0.05, 0.1) is 10.6 Å². The summed E-state index contributed by atoms with van der Waals surface area (Å²) in [4.78, 5) is 12.1. The van der Waals surface area contributed by atoms with Gasteiger partial charge in [-0.05, 0) is 53.2 Å². The first kappa shape index (κ1) is 15.7. The lowest BCUT2D eigenvalue weighted by atomic mass is 10.1. The number of hydrogen-bond acceptors (Lipinski definition) is 3. The van der Waals surface area contributed by atoms with Crippen LogP contribution in [0.3, 0.4) is 0 Å². The molecule has 5 nitrogen and oxygen atoms in total. The van der Waals surface area contributed by atoms with Crippen molar-refractivity contribution in [3.8, 4) is 0 Å². The third-order valence-electron chi connectivity index (χ3n) is 2.80. The van der Waals surface area contributed by atoms with E-state index in [2.05, 4.69) is 21.2 Å². The average molecular weight is 369 g/mol. The minimum Gasteiger partial charge on any atom is -0.321 e. The first-order valence-corrected chi connectivity index (χ1v) is 8.31. The number of carbonyl (C=O) groups excluding carboxylic acids is 1. The molecule has 0 unspecified atom stereocenters. The summed E-state index contributed by atoms with van der Waals surface area (Å²) in [6.07, 6.45) is 0. The van der Waals surface area contributed by atoms with Crippen molar-refractivity contribution in [3.05, 3.63) is 58.1 Å². The van der Waals surface area contributed by atoms with Gasteiger partial charge in [-0.15, -0.1) is 0 Å². The molecular weight excluding hydrogens is 356 g/mol. The standard InChI is InChI=1S/C14H13BrN2O3S/c1-9-3-2-4-10(7-9)14(18)17-13-6-5-11(8-12(13)15)21(16,19)20/h2-8H,1H3,(H,17,18)(H2,16,19,20). The van der Waals surface area contributed by atoms with Crippen LogP contribution in [0.4, 0.5) is 5.69 Å². The fourth-order valence-corrected chi connectivity index (χ4v) is 2.92. The molecule has 110 valence electrons. The molecule has 0 aliphatic carbocycles. The van der Waals surface area contributed by atoms with Crippen LogP contribution in [0.5, 0.6) is 0 Å². The van der Waals surface area contributed by atoms with Crippen LogP contribution in [-0.4, -0.2) is 14.3 Å². The van der Waals surface area contributed by atoms with E-state index in [9.17, 15) is 13.2 Å². The molecule has 0 aromatic heterocycles. The Labute approximate surface area is 131 Å². The number of carbonyl (C=O) groups is 1. The minimum absolute atomic E-state index is 0.0251. The number of aryl methyl sites for hydroxylation is 1. The van der Waals surface area contributed by atoms with Crippen molar-refractivity contribution in [1.82, 2.24) is 0 Å². The summed E-state index contributed by atoms with van der Waals surface area (Å²) in [7, 11) is -3.77. The average Bonchev–Trinajstić information content (AvgIpc) is 2.39. The van der Waals surface area contributed by atoms with Gasteiger partial charge in [-0.2, -0.15) is 0 Å². The van der Waals surface area contributed by atoms with Gasteiger partial charge in [-0.25, -0.2) is 13.6 Å². The first-order valence-electron chi connectivity index (χ1n) is 5.98. The molecule has 0 saturated heterocycles. The number of rotatable bonds is 3. The minimum atomic E-state index is -3.77. The Morgan fingerprint density at radius 1 is 1.19 bits per heavy atom. The van der Waals surface area contributed by atoms with E-state index in [-0.39, 0.29) is 10.8 Å². The zero-order valence-electron chi connectivity index (χ0n) is 11.1. The van der Waals surface area contributed by atoms with Gasteiger partial charge >= 0.3 is 0 Å². The number of primary sulfonamides is 1. The lowest BCUT2D eigenvalue weighted by Crippen LogP contribution is -2.14. The Bertz CT molecular complexity index is 804. The van der Waals surface area contributed by atoms with Gasteiger partial charge < -0.3 is 5.32 Å². The lowest BCUT2D eigenvalue weighted by molar-refractivity contribution is 0.102. The third-order valence-corrected chi connectivity index (χ3v) is 4.36. The lowest BCUT2D eigenvalue weighted by Gasteiger charge is -2.09. The van der Waals surface area contributed by atoms with Crippen LogP contribution in [0.1, 0.15) is 15.9 Å².